The van der Waals surface area contributed by atoms with E-state index in [2.05, 4.69) is 6.07 Å². The summed E-state index contributed by atoms with van der Waals surface area (Å²) < 4.78 is 1.59. The third-order valence-electron chi connectivity index (χ3n) is 3.32. The van der Waals surface area contributed by atoms with Crippen LogP contribution in [0.15, 0.2) is 77.7 Å². The first-order valence-electron chi connectivity index (χ1n) is 6.58. The first-order chi connectivity index (χ1) is 10.3. The van der Waals surface area contributed by atoms with Gasteiger partial charge in [-0.05, 0) is 30.3 Å². The number of pyridine rings is 1. The molecule has 3 heteroatoms. The van der Waals surface area contributed by atoms with Gasteiger partial charge in [0.15, 0.2) is 0 Å². The Morgan fingerprint density at radius 3 is 2.24 bits per heavy atom. The van der Waals surface area contributed by atoms with Crippen molar-refractivity contribution < 1.29 is 0 Å². The lowest BCUT2D eigenvalue weighted by Gasteiger charge is -2.09. The van der Waals surface area contributed by atoms with E-state index >= 15 is 0 Å². The van der Waals surface area contributed by atoms with Crippen LogP contribution >= 0.6 is 0 Å². The molecule has 0 N–H and O–H groups in total. The predicted octanol–water partition coefficient (Wildman–Crippen LogP) is 3.38. The topological polar surface area (TPSA) is 45.8 Å². The third kappa shape index (κ3) is 2.35. The van der Waals surface area contributed by atoms with Crippen LogP contribution in [-0.4, -0.2) is 4.57 Å². The van der Waals surface area contributed by atoms with Gasteiger partial charge in [-0.15, -0.1) is 0 Å². The standard InChI is InChI=1S/C18H12N2O/c19-13-14-7-4-5-10-16(14)17-11-6-12-20(18(17)21)15-8-2-1-3-9-15/h1-12H. The smallest absolute Gasteiger partial charge is 0.262 e. The quantitative estimate of drug-likeness (QED) is 0.718. The molecular formula is C18H12N2O. The van der Waals surface area contributed by atoms with Gasteiger partial charge in [0.2, 0.25) is 0 Å². The largest absolute Gasteiger partial charge is 0.284 e. The van der Waals surface area contributed by atoms with Gasteiger partial charge in [0.25, 0.3) is 5.56 Å². The molecule has 0 spiro atoms. The molecule has 0 atom stereocenters. The lowest BCUT2D eigenvalue weighted by atomic mass is 10.0. The number of nitriles is 1. The highest BCUT2D eigenvalue weighted by atomic mass is 16.1. The van der Waals surface area contributed by atoms with Crippen LogP contribution in [0, 0.1) is 11.3 Å². The van der Waals surface area contributed by atoms with Crippen LogP contribution in [0.25, 0.3) is 16.8 Å². The van der Waals surface area contributed by atoms with Crippen LogP contribution in [0.2, 0.25) is 0 Å². The molecule has 3 rings (SSSR count). The summed E-state index contributed by atoms with van der Waals surface area (Å²) in [5.74, 6) is 0. The first-order valence-corrected chi connectivity index (χ1v) is 6.58. The fraction of sp³-hybridized carbons (Fsp3) is 0. The molecule has 0 saturated heterocycles. The summed E-state index contributed by atoms with van der Waals surface area (Å²) in [5.41, 5.74) is 2.36. The van der Waals surface area contributed by atoms with Crippen LogP contribution in [-0.2, 0) is 0 Å². The monoisotopic (exact) mass is 272 g/mol. The highest BCUT2D eigenvalue weighted by molar-refractivity contribution is 5.69. The van der Waals surface area contributed by atoms with Crippen molar-refractivity contribution in [2.24, 2.45) is 0 Å². The molecule has 0 amide bonds. The first kappa shape index (κ1) is 12.9. The average molecular weight is 272 g/mol. The van der Waals surface area contributed by atoms with E-state index in [4.69, 9.17) is 0 Å². The molecule has 1 aromatic heterocycles. The maximum Gasteiger partial charge on any atom is 0.262 e. The number of aromatic nitrogens is 1. The molecule has 1 heterocycles. The third-order valence-corrected chi connectivity index (χ3v) is 3.32. The van der Waals surface area contributed by atoms with E-state index in [1.165, 1.54) is 0 Å². The van der Waals surface area contributed by atoms with Crippen LogP contribution in [0.4, 0.5) is 0 Å². The zero-order chi connectivity index (χ0) is 14.7. The van der Waals surface area contributed by atoms with Gasteiger partial charge in [-0.1, -0.05) is 36.4 Å². The van der Waals surface area contributed by atoms with Gasteiger partial charge in [-0.3, -0.25) is 9.36 Å². The van der Waals surface area contributed by atoms with Crippen molar-refractivity contribution in [1.29, 1.82) is 5.26 Å². The zero-order valence-corrected chi connectivity index (χ0v) is 11.2. The molecule has 2 aromatic carbocycles. The molecule has 21 heavy (non-hydrogen) atoms. The highest BCUT2D eigenvalue weighted by Crippen LogP contribution is 2.20. The predicted molar refractivity (Wildman–Crippen MR) is 82.2 cm³/mol. The van der Waals surface area contributed by atoms with Gasteiger partial charge in [0, 0.05) is 23.0 Å². The summed E-state index contributed by atoms with van der Waals surface area (Å²) in [5, 5.41) is 9.20. The Balaban J connectivity index is 2.23. The Kier molecular flexibility index (Phi) is 3.36. The van der Waals surface area contributed by atoms with Crippen LogP contribution < -0.4 is 5.56 Å². The summed E-state index contributed by atoms with van der Waals surface area (Å²) >= 11 is 0. The van der Waals surface area contributed by atoms with E-state index in [0.717, 1.165) is 5.69 Å². The Bertz CT molecular complexity index is 873. The molecule has 100 valence electrons. The number of rotatable bonds is 2. The second-order valence-corrected chi connectivity index (χ2v) is 4.59. The fourth-order valence-corrected chi connectivity index (χ4v) is 2.31. The molecule has 3 aromatic rings. The van der Waals surface area contributed by atoms with Crippen LogP contribution in [0.1, 0.15) is 5.56 Å². The van der Waals surface area contributed by atoms with Crippen molar-refractivity contribution in [3.63, 3.8) is 0 Å². The molecule has 0 aliphatic carbocycles. The summed E-state index contributed by atoms with van der Waals surface area (Å²) in [7, 11) is 0. The Hall–Kier alpha value is -3.12. The SMILES string of the molecule is N#Cc1ccccc1-c1cccn(-c2ccccc2)c1=O. The van der Waals surface area contributed by atoms with E-state index in [1.54, 1.807) is 35.0 Å². The number of nitrogens with zero attached hydrogens (tertiary/aromatic N) is 2. The zero-order valence-electron chi connectivity index (χ0n) is 11.2. The Morgan fingerprint density at radius 1 is 0.810 bits per heavy atom. The average Bonchev–Trinajstić information content (AvgIpc) is 2.56. The van der Waals surface area contributed by atoms with Crippen LogP contribution in [0.5, 0.6) is 0 Å². The number of hydrogen-bond donors (Lipinski definition) is 0. The van der Waals surface area contributed by atoms with Gasteiger partial charge in [-0.25, -0.2) is 0 Å². The maximum absolute atomic E-state index is 12.7. The molecule has 0 unspecified atom stereocenters. The van der Waals surface area contributed by atoms with Crippen LogP contribution in [0.3, 0.4) is 0 Å². The van der Waals surface area contributed by atoms with E-state index in [0.29, 0.717) is 16.7 Å². The fourth-order valence-electron chi connectivity index (χ4n) is 2.31. The maximum atomic E-state index is 12.7. The molecule has 0 bridgehead atoms. The minimum absolute atomic E-state index is 0.133. The molecule has 0 fully saturated rings. The summed E-state index contributed by atoms with van der Waals surface area (Å²) in [6, 6.07) is 22.3. The summed E-state index contributed by atoms with van der Waals surface area (Å²) in [6.07, 6.45) is 1.73. The van der Waals surface area contributed by atoms with E-state index in [1.807, 2.05) is 42.5 Å². The van der Waals surface area contributed by atoms with Crippen molar-refractivity contribution in [1.82, 2.24) is 4.57 Å². The van der Waals surface area contributed by atoms with Crippen molar-refractivity contribution in [2.75, 3.05) is 0 Å². The second-order valence-electron chi connectivity index (χ2n) is 4.59. The Morgan fingerprint density at radius 2 is 1.48 bits per heavy atom. The minimum atomic E-state index is -0.133. The number of benzene rings is 2. The van der Waals surface area contributed by atoms with Gasteiger partial charge in [0.1, 0.15) is 0 Å². The number of para-hydroxylation sites is 1. The molecular weight excluding hydrogens is 260 g/mol. The molecule has 0 aliphatic rings. The lowest BCUT2D eigenvalue weighted by Crippen LogP contribution is -2.19. The van der Waals surface area contributed by atoms with Gasteiger partial charge < -0.3 is 0 Å². The van der Waals surface area contributed by atoms with E-state index in [9.17, 15) is 10.1 Å². The van der Waals surface area contributed by atoms with E-state index in [-0.39, 0.29) is 5.56 Å². The van der Waals surface area contributed by atoms with Crippen molar-refractivity contribution in [3.8, 4) is 22.9 Å². The van der Waals surface area contributed by atoms with Gasteiger partial charge in [-0.2, -0.15) is 5.26 Å². The second kappa shape index (κ2) is 5.48. The normalized spacial score (nSPS) is 10.0. The highest BCUT2D eigenvalue weighted by Gasteiger charge is 2.10. The summed E-state index contributed by atoms with van der Waals surface area (Å²) in [6.45, 7) is 0. The van der Waals surface area contributed by atoms with Crippen molar-refractivity contribution in [3.05, 3.63) is 88.8 Å². The van der Waals surface area contributed by atoms with Crippen molar-refractivity contribution in [2.45, 2.75) is 0 Å². The summed E-state index contributed by atoms with van der Waals surface area (Å²) in [4.78, 5) is 12.7. The molecule has 0 saturated carbocycles. The van der Waals surface area contributed by atoms with Gasteiger partial charge in [0.05, 0.1) is 11.6 Å². The lowest BCUT2D eigenvalue weighted by molar-refractivity contribution is 0.993. The van der Waals surface area contributed by atoms with Gasteiger partial charge >= 0.3 is 0 Å². The molecule has 0 aliphatic heterocycles. The molecule has 3 nitrogen and oxygen atoms in total. The molecule has 0 radical (unpaired) electrons. The Labute approximate surface area is 122 Å². The number of hydrogen-bond acceptors (Lipinski definition) is 2. The van der Waals surface area contributed by atoms with Crippen molar-refractivity contribution >= 4 is 0 Å². The van der Waals surface area contributed by atoms with E-state index < -0.39 is 0 Å². The minimum Gasteiger partial charge on any atom is -0.284 e.